The molecule has 62 heavy (non-hydrogen) atoms. The molecule has 4 aromatic carbocycles. The number of halogens is 5. The van der Waals surface area contributed by atoms with Crippen LogP contribution in [0, 0.1) is 0 Å². The van der Waals surface area contributed by atoms with Crippen LogP contribution in [0.25, 0.3) is 0 Å². The summed E-state index contributed by atoms with van der Waals surface area (Å²) in [4.78, 5) is 32.2. The average molecular weight is 987 g/mol. The third kappa shape index (κ3) is 15.9. The fourth-order valence-electron chi connectivity index (χ4n) is 4.63. The molecule has 0 spiro atoms. The van der Waals surface area contributed by atoms with E-state index in [1.54, 1.807) is 32.0 Å². The van der Waals surface area contributed by atoms with Crippen molar-refractivity contribution in [2.24, 2.45) is 0 Å². The van der Waals surface area contributed by atoms with Gasteiger partial charge in [0.2, 0.25) is 0 Å². The maximum Gasteiger partial charge on any atom is 0.342 e. The largest absolute Gasteiger partial charge is 0.462 e. The van der Waals surface area contributed by atoms with E-state index in [0.29, 0.717) is 43.0 Å². The summed E-state index contributed by atoms with van der Waals surface area (Å²) in [7, 11) is -2.46. The van der Waals surface area contributed by atoms with Gasteiger partial charge in [-0.1, -0.05) is 53.8 Å². The SMILES string of the molecule is C.CCOC(=O)c1cc(N)ccc1Oc1cncc(Cl)c1.CCOC(=O)c1cc(NS(=O)(=O)c2ccc(Cl)cc2)ccc1Oc1cncc(Cl)c1.O=S(=O)(Cl)c1ccc(Cl)cc1. The number of carbonyl (C=O) groups excluding carboxylic acids is 2. The topological polar surface area (TPSA) is 203 Å². The van der Waals surface area contributed by atoms with Gasteiger partial charge in [0, 0.05) is 56.6 Å². The molecule has 0 radical (unpaired) electrons. The zero-order valence-electron chi connectivity index (χ0n) is 31.7. The fourth-order valence-corrected chi connectivity index (χ4v) is 7.03. The third-order valence-electron chi connectivity index (χ3n) is 7.26. The first kappa shape index (κ1) is 51.0. The van der Waals surface area contributed by atoms with Gasteiger partial charge in [-0.25, -0.2) is 26.4 Å². The van der Waals surface area contributed by atoms with Crippen LogP contribution < -0.4 is 19.9 Å². The molecule has 328 valence electrons. The van der Waals surface area contributed by atoms with Crippen LogP contribution in [0.2, 0.25) is 20.1 Å². The molecule has 0 atom stereocenters. The van der Waals surface area contributed by atoms with Gasteiger partial charge < -0.3 is 24.7 Å². The number of anilines is 2. The second kappa shape index (κ2) is 23.8. The van der Waals surface area contributed by atoms with Crippen molar-refractivity contribution in [3.8, 4) is 23.0 Å². The maximum atomic E-state index is 12.6. The number of pyridine rings is 2. The van der Waals surface area contributed by atoms with Crippen molar-refractivity contribution in [1.82, 2.24) is 9.97 Å². The number of esters is 2. The molecule has 21 heteroatoms. The summed E-state index contributed by atoms with van der Waals surface area (Å²) in [5.41, 5.74) is 6.58. The molecule has 14 nitrogen and oxygen atoms in total. The van der Waals surface area contributed by atoms with Crippen molar-refractivity contribution in [3.05, 3.63) is 153 Å². The first-order chi connectivity index (χ1) is 28.9. The smallest absolute Gasteiger partial charge is 0.342 e. The molecule has 0 fully saturated rings. The number of carbonyl (C=O) groups is 2. The first-order valence-electron chi connectivity index (χ1n) is 17.3. The highest BCUT2D eigenvalue weighted by Gasteiger charge is 2.20. The molecule has 2 heterocycles. The van der Waals surface area contributed by atoms with Crippen molar-refractivity contribution in [2.45, 2.75) is 31.1 Å². The van der Waals surface area contributed by atoms with Crippen LogP contribution in [-0.2, 0) is 28.5 Å². The minimum atomic E-state index is -3.89. The van der Waals surface area contributed by atoms with Gasteiger partial charge in [-0.3, -0.25) is 14.7 Å². The number of aromatic nitrogens is 2. The predicted octanol–water partition coefficient (Wildman–Crippen LogP) is 11.3. The van der Waals surface area contributed by atoms with Crippen LogP contribution in [-0.4, -0.2) is 52.0 Å². The van der Waals surface area contributed by atoms with Gasteiger partial charge in [-0.15, -0.1) is 0 Å². The molecule has 0 saturated heterocycles. The van der Waals surface area contributed by atoms with Crippen LogP contribution in [0.4, 0.5) is 11.4 Å². The Balaban J connectivity index is 0.000000275. The van der Waals surface area contributed by atoms with Crippen molar-refractivity contribution in [3.63, 3.8) is 0 Å². The highest BCUT2D eigenvalue weighted by Crippen LogP contribution is 2.31. The Kier molecular flexibility index (Phi) is 19.6. The number of ether oxygens (including phenoxy) is 4. The lowest BCUT2D eigenvalue weighted by Gasteiger charge is -2.14. The van der Waals surface area contributed by atoms with Gasteiger partial charge >= 0.3 is 11.9 Å². The molecule has 0 amide bonds. The first-order valence-corrected chi connectivity index (χ1v) is 22.6. The summed E-state index contributed by atoms with van der Waals surface area (Å²) in [6.45, 7) is 3.79. The molecule has 0 bridgehead atoms. The summed E-state index contributed by atoms with van der Waals surface area (Å²) in [5, 5.41) is 1.69. The Morgan fingerprint density at radius 3 is 1.47 bits per heavy atom. The Labute approximate surface area is 383 Å². The lowest BCUT2D eigenvalue weighted by atomic mass is 10.2. The molecule has 3 N–H and O–H groups in total. The van der Waals surface area contributed by atoms with Crippen LogP contribution in [0.15, 0.2) is 132 Å². The Bertz CT molecular complexity index is 2700. The van der Waals surface area contributed by atoms with E-state index < -0.39 is 31.0 Å². The van der Waals surface area contributed by atoms with Gasteiger partial charge in [-0.05, 0) is 98.8 Å². The molecule has 0 unspecified atom stereocenters. The second-order valence-corrected chi connectivity index (χ2v) is 17.7. The minimum Gasteiger partial charge on any atom is -0.462 e. The van der Waals surface area contributed by atoms with Crippen molar-refractivity contribution < 1.29 is 45.4 Å². The molecule has 6 rings (SSSR count). The molecule has 0 aliphatic rings. The normalized spacial score (nSPS) is 10.6. The minimum absolute atomic E-state index is 0. The van der Waals surface area contributed by atoms with E-state index in [2.05, 4.69) is 14.7 Å². The number of nitrogen functional groups attached to an aromatic ring is 1. The second-order valence-electron chi connectivity index (χ2n) is 11.7. The number of rotatable bonds is 12. The van der Waals surface area contributed by atoms with E-state index in [9.17, 15) is 26.4 Å². The van der Waals surface area contributed by atoms with Crippen LogP contribution >= 0.6 is 57.1 Å². The standard InChI is InChI=1S/C20H16Cl2N2O5S.C14H13ClN2O3.C6H4Cl2O2S.CH4/c1-2-28-20(25)18-10-15(24-30(26,27)17-6-3-13(21)4-7-17)5-8-19(18)29-16-9-14(22)11-23-12-16;1-2-19-14(18)12-6-10(16)3-4-13(12)20-11-5-9(15)7-17-8-11;7-5-1-3-6(4-2-5)11(8,9)10;/h3-12,24H,2H2,1H3;3-8H,2,16H2,1H3;1-4H;1H4. The summed E-state index contributed by atoms with van der Waals surface area (Å²) in [6.07, 6.45) is 5.86. The number of hydrogen-bond acceptors (Lipinski definition) is 13. The summed E-state index contributed by atoms with van der Waals surface area (Å²) in [5.74, 6) is 0.0591. The van der Waals surface area contributed by atoms with E-state index in [-0.39, 0.29) is 53.0 Å². The molecule has 2 aromatic heterocycles. The average Bonchev–Trinajstić information content (AvgIpc) is 3.20. The van der Waals surface area contributed by atoms with Crippen molar-refractivity contribution >= 4 is 99.5 Å². The molecule has 0 saturated carbocycles. The van der Waals surface area contributed by atoms with E-state index >= 15 is 0 Å². The zero-order valence-corrected chi connectivity index (χ0v) is 37.1. The van der Waals surface area contributed by atoms with Crippen LogP contribution in [0.3, 0.4) is 0 Å². The molecular weight excluding hydrogens is 950 g/mol. The number of hydrogen-bond donors (Lipinski definition) is 2. The van der Waals surface area contributed by atoms with Gasteiger partial charge in [-0.2, -0.15) is 0 Å². The van der Waals surface area contributed by atoms with Crippen molar-refractivity contribution in [2.75, 3.05) is 23.7 Å². The summed E-state index contributed by atoms with van der Waals surface area (Å²) < 4.78 is 70.3. The Morgan fingerprint density at radius 2 is 1.03 bits per heavy atom. The molecule has 0 aliphatic carbocycles. The molecular formula is C41H37Cl5N4O10S2. The van der Waals surface area contributed by atoms with Gasteiger partial charge in [0.25, 0.3) is 19.1 Å². The molecule has 6 aromatic rings. The number of nitrogens with zero attached hydrogens (tertiary/aromatic N) is 2. The maximum absolute atomic E-state index is 12.6. The lowest BCUT2D eigenvalue weighted by molar-refractivity contribution is 0.0513. The summed E-state index contributed by atoms with van der Waals surface area (Å²) >= 11 is 23.1. The number of nitrogens with one attached hydrogen (secondary N) is 1. The quantitative estimate of drug-likeness (QED) is 0.0666. The number of nitrogens with two attached hydrogens (primary N) is 1. The summed E-state index contributed by atoms with van der Waals surface area (Å²) in [6, 6.07) is 23.4. The number of sulfonamides is 1. The van der Waals surface area contributed by atoms with Crippen LogP contribution in [0.5, 0.6) is 23.0 Å². The third-order valence-corrected chi connectivity index (χ3v) is 10.9. The Hall–Kier alpha value is -5.33. The highest BCUT2D eigenvalue weighted by atomic mass is 35.7. The fraction of sp³-hybridized carbons (Fsp3) is 0.122. The highest BCUT2D eigenvalue weighted by molar-refractivity contribution is 8.13. The molecule has 0 aliphatic heterocycles. The van der Waals surface area contributed by atoms with E-state index in [4.69, 9.17) is 81.8 Å². The lowest BCUT2D eigenvalue weighted by Crippen LogP contribution is -2.14. The van der Waals surface area contributed by atoms with E-state index in [0.717, 1.165) is 0 Å². The predicted molar refractivity (Wildman–Crippen MR) is 241 cm³/mol. The van der Waals surface area contributed by atoms with E-state index in [1.165, 1.54) is 104 Å². The monoisotopic (exact) mass is 984 g/mol. The zero-order chi connectivity index (χ0) is 44.7. The van der Waals surface area contributed by atoms with Gasteiger partial charge in [0.1, 0.15) is 34.1 Å². The van der Waals surface area contributed by atoms with Crippen molar-refractivity contribution in [1.29, 1.82) is 0 Å². The van der Waals surface area contributed by atoms with Gasteiger partial charge in [0.05, 0.1) is 45.4 Å². The van der Waals surface area contributed by atoms with E-state index in [1.807, 2.05) is 0 Å². The Morgan fingerprint density at radius 1 is 0.597 bits per heavy atom. The van der Waals surface area contributed by atoms with Crippen LogP contribution in [0.1, 0.15) is 42.0 Å². The number of benzene rings is 4. The van der Waals surface area contributed by atoms with Gasteiger partial charge in [0.15, 0.2) is 0 Å².